The van der Waals surface area contributed by atoms with Crippen LogP contribution in [0.15, 0.2) is 48.6 Å². The Kier molecular flexibility index (Phi) is 8.74. The van der Waals surface area contributed by atoms with Gasteiger partial charge in [-0.3, -0.25) is 4.79 Å². The van der Waals surface area contributed by atoms with Crippen LogP contribution >= 0.6 is 0 Å². The monoisotopic (exact) mass is 422 g/mol. The van der Waals surface area contributed by atoms with Crippen LogP contribution in [0.5, 0.6) is 0 Å². The van der Waals surface area contributed by atoms with E-state index < -0.39 is 54.0 Å². The summed E-state index contributed by atoms with van der Waals surface area (Å²) in [7, 11) is 0. The molecular weight excluding hydrogens is 392 g/mol. The number of aliphatic carboxylic acids is 1. The van der Waals surface area contributed by atoms with Gasteiger partial charge in [0, 0.05) is 24.0 Å². The molecule has 0 heterocycles. The maximum absolute atomic E-state index is 12.5. The maximum Gasteiger partial charge on any atom is 0.333 e. The SMILES string of the molecule is C=C[C@]1(C)C[C@@H](OC(=O)/C(C)=C\COC(C)=O)[C@@H](C(=C)C(=O)O)[C@H](O)[C@@H]1C(=C)CO. The zero-order valence-corrected chi connectivity index (χ0v) is 17.6. The average Bonchev–Trinajstić information content (AvgIpc) is 2.66. The van der Waals surface area contributed by atoms with E-state index in [1.54, 1.807) is 13.0 Å². The fourth-order valence-corrected chi connectivity index (χ4v) is 3.81. The largest absolute Gasteiger partial charge is 0.478 e. The van der Waals surface area contributed by atoms with Gasteiger partial charge in [0.2, 0.25) is 0 Å². The minimum absolute atomic E-state index is 0.113. The summed E-state index contributed by atoms with van der Waals surface area (Å²) in [6.07, 6.45) is 0.739. The fraction of sp³-hybridized carbons (Fsp3) is 0.500. The van der Waals surface area contributed by atoms with Crippen molar-refractivity contribution < 1.29 is 39.2 Å². The minimum atomic E-state index is -1.34. The standard InChI is InChI=1S/C22H30O8/c1-7-22(6)10-16(30-21(28)12(2)8-9-29-15(5)24)17(14(4)20(26)27)19(25)18(22)13(3)11-23/h7-8,16-19,23,25H,1,3-4,9-11H2,2,5-6H3,(H,26,27)/b12-8-/t16-,17-,18+,19+,22-/m1/s1. The molecular formula is C22H30O8. The zero-order chi connectivity index (χ0) is 23.2. The molecule has 166 valence electrons. The number of carbonyl (C=O) groups excluding carboxylic acids is 2. The fourth-order valence-electron chi connectivity index (χ4n) is 3.81. The van der Waals surface area contributed by atoms with Crippen molar-refractivity contribution in [3.05, 3.63) is 48.6 Å². The van der Waals surface area contributed by atoms with Crippen molar-refractivity contribution in [3.63, 3.8) is 0 Å². The highest BCUT2D eigenvalue weighted by Crippen LogP contribution is 2.50. The summed E-state index contributed by atoms with van der Waals surface area (Å²) >= 11 is 0. The van der Waals surface area contributed by atoms with Crippen molar-refractivity contribution >= 4 is 17.9 Å². The third kappa shape index (κ3) is 5.67. The summed E-state index contributed by atoms with van der Waals surface area (Å²) in [6.45, 7) is 15.1. The summed E-state index contributed by atoms with van der Waals surface area (Å²) in [5.74, 6) is -4.41. The van der Waals surface area contributed by atoms with Gasteiger partial charge in [-0.25, -0.2) is 9.59 Å². The van der Waals surface area contributed by atoms with Crippen LogP contribution in [0.2, 0.25) is 0 Å². The molecule has 0 bridgehead atoms. The average molecular weight is 422 g/mol. The molecule has 1 fully saturated rings. The molecule has 1 saturated carbocycles. The first-order valence-corrected chi connectivity index (χ1v) is 9.43. The number of esters is 2. The number of allylic oxidation sites excluding steroid dienone is 1. The molecule has 1 aliphatic rings. The molecule has 5 atom stereocenters. The third-order valence-electron chi connectivity index (χ3n) is 5.50. The Bertz CT molecular complexity index is 765. The van der Waals surface area contributed by atoms with Gasteiger partial charge < -0.3 is 24.8 Å². The molecule has 1 aliphatic carbocycles. The van der Waals surface area contributed by atoms with Crippen molar-refractivity contribution in [1.29, 1.82) is 0 Å². The summed E-state index contributed by atoms with van der Waals surface area (Å²) in [6, 6.07) is 0. The van der Waals surface area contributed by atoms with Crippen LogP contribution in [-0.2, 0) is 23.9 Å². The number of hydrogen-bond acceptors (Lipinski definition) is 7. The summed E-state index contributed by atoms with van der Waals surface area (Å²) < 4.78 is 10.3. The van der Waals surface area contributed by atoms with Gasteiger partial charge in [-0.1, -0.05) is 26.2 Å². The Hall–Kier alpha value is -2.71. The molecule has 0 saturated heterocycles. The molecule has 0 aliphatic heterocycles. The second-order valence-corrected chi connectivity index (χ2v) is 7.69. The van der Waals surface area contributed by atoms with E-state index in [0.717, 1.165) is 0 Å². The lowest BCUT2D eigenvalue weighted by Crippen LogP contribution is -2.54. The third-order valence-corrected chi connectivity index (χ3v) is 5.50. The lowest BCUT2D eigenvalue weighted by Gasteiger charge is -2.50. The number of ether oxygens (including phenoxy) is 2. The van der Waals surface area contributed by atoms with Crippen molar-refractivity contribution in [2.75, 3.05) is 13.2 Å². The molecule has 0 aromatic heterocycles. The molecule has 30 heavy (non-hydrogen) atoms. The maximum atomic E-state index is 12.5. The summed E-state index contributed by atoms with van der Waals surface area (Å²) in [5.41, 5.74) is -0.666. The second-order valence-electron chi connectivity index (χ2n) is 7.69. The van der Waals surface area contributed by atoms with E-state index >= 15 is 0 Å². The molecule has 0 amide bonds. The van der Waals surface area contributed by atoms with E-state index in [2.05, 4.69) is 19.7 Å². The molecule has 0 radical (unpaired) electrons. The minimum Gasteiger partial charge on any atom is -0.478 e. The Morgan fingerprint density at radius 2 is 1.83 bits per heavy atom. The summed E-state index contributed by atoms with van der Waals surface area (Å²) in [5, 5.41) is 30.0. The van der Waals surface area contributed by atoms with Crippen LogP contribution < -0.4 is 0 Å². The Morgan fingerprint density at radius 1 is 1.23 bits per heavy atom. The van der Waals surface area contributed by atoms with Crippen molar-refractivity contribution in [2.24, 2.45) is 17.3 Å². The zero-order valence-electron chi connectivity index (χ0n) is 17.6. The van der Waals surface area contributed by atoms with Crippen molar-refractivity contribution in [2.45, 2.75) is 39.4 Å². The lowest BCUT2D eigenvalue weighted by atomic mass is 9.58. The van der Waals surface area contributed by atoms with Crippen molar-refractivity contribution in [3.8, 4) is 0 Å². The van der Waals surface area contributed by atoms with Gasteiger partial charge >= 0.3 is 17.9 Å². The van der Waals surface area contributed by atoms with Crippen LogP contribution in [0.1, 0.15) is 27.2 Å². The van der Waals surface area contributed by atoms with E-state index in [4.69, 9.17) is 9.47 Å². The first-order chi connectivity index (χ1) is 13.9. The van der Waals surface area contributed by atoms with Gasteiger partial charge in [0.1, 0.15) is 12.7 Å². The Labute approximate surface area is 176 Å². The van der Waals surface area contributed by atoms with E-state index in [9.17, 15) is 29.7 Å². The topological polar surface area (TPSA) is 130 Å². The number of rotatable bonds is 9. The number of carboxylic acids is 1. The number of aliphatic hydroxyl groups excluding tert-OH is 2. The van der Waals surface area contributed by atoms with Gasteiger partial charge in [0.15, 0.2) is 0 Å². The number of aliphatic hydroxyl groups is 2. The quantitative estimate of drug-likeness (QED) is 0.291. The lowest BCUT2D eigenvalue weighted by molar-refractivity contribution is -0.161. The predicted octanol–water partition coefficient (Wildman–Crippen LogP) is 1.79. The van der Waals surface area contributed by atoms with Gasteiger partial charge in [-0.2, -0.15) is 0 Å². The van der Waals surface area contributed by atoms with E-state index in [1.165, 1.54) is 19.9 Å². The first-order valence-electron chi connectivity index (χ1n) is 9.43. The number of hydrogen-bond donors (Lipinski definition) is 3. The van der Waals surface area contributed by atoms with Crippen LogP contribution in [0, 0.1) is 17.3 Å². The highest BCUT2D eigenvalue weighted by Gasteiger charge is 2.53. The second kappa shape index (κ2) is 10.4. The molecule has 0 spiro atoms. The Morgan fingerprint density at radius 3 is 2.30 bits per heavy atom. The van der Waals surface area contributed by atoms with Crippen molar-refractivity contribution in [1.82, 2.24) is 0 Å². The number of carboxylic acid groups (broad SMARTS) is 1. The highest BCUT2D eigenvalue weighted by atomic mass is 16.5. The molecule has 3 N–H and O–H groups in total. The van der Waals surface area contributed by atoms with Crippen LogP contribution in [0.25, 0.3) is 0 Å². The summed E-state index contributed by atoms with van der Waals surface area (Å²) in [4.78, 5) is 35.0. The smallest absolute Gasteiger partial charge is 0.333 e. The molecule has 8 nitrogen and oxygen atoms in total. The van der Waals surface area contributed by atoms with Gasteiger partial charge in [0.05, 0.1) is 18.6 Å². The van der Waals surface area contributed by atoms with E-state index in [0.29, 0.717) is 5.57 Å². The van der Waals surface area contributed by atoms with Gasteiger partial charge in [0.25, 0.3) is 0 Å². The molecule has 0 aromatic rings. The van der Waals surface area contributed by atoms with Crippen LogP contribution in [0.4, 0.5) is 0 Å². The first kappa shape index (κ1) is 25.3. The molecule has 0 unspecified atom stereocenters. The van der Waals surface area contributed by atoms with Crippen LogP contribution in [0.3, 0.4) is 0 Å². The van der Waals surface area contributed by atoms with Gasteiger partial charge in [-0.05, 0) is 30.4 Å². The molecule has 8 heteroatoms. The van der Waals surface area contributed by atoms with Gasteiger partial charge in [-0.15, -0.1) is 6.58 Å². The van der Waals surface area contributed by atoms with Crippen LogP contribution in [-0.4, -0.2) is 58.6 Å². The normalized spacial score (nSPS) is 28.9. The van der Waals surface area contributed by atoms with E-state index in [1.807, 2.05) is 0 Å². The number of carbonyl (C=O) groups is 3. The van der Waals surface area contributed by atoms with E-state index in [-0.39, 0.29) is 24.2 Å². The highest BCUT2D eigenvalue weighted by molar-refractivity contribution is 5.89. The molecule has 1 rings (SSSR count). The molecule has 0 aromatic carbocycles. The Balaban J connectivity index is 3.26. The predicted molar refractivity (Wildman–Crippen MR) is 109 cm³/mol.